The second-order valence-electron chi connectivity index (χ2n) is 3.84. The van der Waals surface area contributed by atoms with Crippen LogP contribution in [0, 0.1) is 5.92 Å². The Morgan fingerprint density at radius 1 is 1.47 bits per heavy atom. The molecule has 0 aliphatic carbocycles. The number of rotatable bonds is 4. The maximum Gasteiger partial charge on any atom is 0.217 e. The van der Waals surface area contributed by atoms with Crippen molar-refractivity contribution in [3.05, 3.63) is 0 Å². The summed E-state index contributed by atoms with van der Waals surface area (Å²) < 4.78 is 0. The minimum Gasteiger partial charge on any atom is -0.346 e. The second kappa shape index (κ2) is 4.82. The minimum atomic E-state index is -0.497. The highest BCUT2D eigenvalue weighted by atomic mass is 16.2. The molecule has 1 atom stereocenters. The molecule has 5 heteroatoms. The lowest BCUT2D eigenvalue weighted by molar-refractivity contribution is -0.124. The lowest BCUT2D eigenvalue weighted by Crippen LogP contribution is -2.46. The number of nitrogens with one attached hydrogen (secondary N) is 1. The van der Waals surface area contributed by atoms with E-state index in [0.29, 0.717) is 12.1 Å². The smallest absolute Gasteiger partial charge is 0.217 e. The molecule has 1 amide bonds. The molecule has 1 N–H and O–H groups in total. The lowest BCUT2D eigenvalue weighted by atomic mass is 9.96. The Bertz CT molecular complexity index is 332. The SMILES string of the molecule is CC(=O)NC(C(=O)C1=NN=CC1)C(C)C. The molecule has 1 rings (SSSR count). The Morgan fingerprint density at radius 2 is 2.13 bits per heavy atom. The summed E-state index contributed by atoms with van der Waals surface area (Å²) in [5, 5.41) is 10.00. The van der Waals surface area contributed by atoms with Crippen molar-refractivity contribution < 1.29 is 9.59 Å². The van der Waals surface area contributed by atoms with E-state index in [2.05, 4.69) is 15.5 Å². The normalized spacial score (nSPS) is 16.4. The van der Waals surface area contributed by atoms with E-state index in [-0.39, 0.29) is 17.6 Å². The van der Waals surface area contributed by atoms with Crippen LogP contribution in [0.1, 0.15) is 27.2 Å². The van der Waals surface area contributed by atoms with Crippen molar-refractivity contribution in [1.82, 2.24) is 5.32 Å². The first-order valence-corrected chi connectivity index (χ1v) is 4.92. The molecule has 0 saturated carbocycles. The van der Waals surface area contributed by atoms with Gasteiger partial charge in [-0.25, -0.2) is 0 Å². The summed E-state index contributed by atoms with van der Waals surface area (Å²) in [4.78, 5) is 22.8. The largest absolute Gasteiger partial charge is 0.346 e. The predicted octanol–water partition coefficient (Wildman–Crippen LogP) is 0.547. The van der Waals surface area contributed by atoms with Gasteiger partial charge < -0.3 is 5.32 Å². The van der Waals surface area contributed by atoms with Crippen LogP contribution >= 0.6 is 0 Å². The maximum atomic E-state index is 11.9. The quantitative estimate of drug-likeness (QED) is 0.734. The van der Waals surface area contributed by atoms with Gasteiger partial charge >= 0.3 is 0 Å². The highest BCUT2D eigenvalue weighted by Crippen LogP contribution is 2.07. The number of hydrogen-bond acceptors (Lipinski definition) is 4. The number of amides is 1. The number of ketones is 1. The van der Waals surface area contributed by atoms with Gasteiger partial charge in [-0.2, -0.15) is 10.2 Å². The summed E-state index contributed by atoms with van der Waals surface area (Å²) in [6, 6.07) is -0.497. The third kappa shape index (κ3) is 2.97. The Hall–Kier alpha value is -1.52. The van der Waals surface area contributed by atoms with Gasteiger partial charge in [-0.05, 0) is 5.92 Å². The monoisotopic (exact) mass is 209 g/mol. The third-order valence-electron chi connectivity index (χ3n) is 2.14. The summed E-state index contributed by atoms with van der Waals surface area (Å²) in [5.41, 5.74) is 0.419. The average molecular weight is 209 g/mol. The fraction of sp³-hybridized carbons (Fsp3) is 0.600. The summed E-state index contributed by atoms with van der Waals surface area (Å²) >= 11 is 0. The molecule has 0 radical (unpaired) electrons. The summed E-state index contributed by atoms with van der Waals surface area (Å²) in [6.07, 6.45) is 2.04. The van der Waals surface area contributed by atoms with Gasteiger partial charge in [0.2, 0.25) is 11.7 Å². The summed E-state index contributed by atoms with van der Waals surface area (Å²) in [6.45, 7) is 5.17. The minimum absolute atomic E-state index is 0.0460. The number of nitrogens with zero attached hydrogens (tertiary/aromatic N) is 2. The molecule has 0 saturated heterocycles. The number of carbonyl (C=O) groups excluding carboxylic acids is 2. The van der Waals surface area contributed by atoms with Crippen LogP contribution in [0.25, 0.3) is 0 Å². The molecule has 1 aliphatic heterocycles. The van der Waals surface area contributed by atoms with E-state index in [4.69, 9.17) is 0 Å². The van der Waals surface area contributed by atoms with Crippen LogP contribution in [0.2, 0.25) is 0 Å². The van der Waals surface area contributed by atoms with Crippen LogP contribution in [0.5, 0.6) is 0 Å². The van der Waals surface area contributed by atoms with Gasteiger partial charge in [0.1, 0.15) is 5.71 Å². The van der Waals surface area contributed by atoms with Gasteiger partial charge in [-0.1, -0.05) is 13.8 Å². The van der Waals surface area contributed by atoms with Gasteiger partial charge in [0.15, 0.2) is 0 Å². The van der Waals surface area contributed by atoms with E-state index in [1.54, 1.807) is 6.21 Å². The zero-order valence-electron chi connectivity index (χ0n) is 9.15. The highest BCUT2D eigenvalue weighted by Gasteiger charge is 2.27. The summed E-state index contributed by atoms with van der Waals surface area (Å²) in [5.74, 6) is -0.302. The fourth-order valence-electron chi connectivity index (χ4n) is 1.36. The summed E-state index contributed by atoms with van der Waals surface area (Å²) in [7, 11) is 0. The van der Waals surface area contributed by atoms with Crippen LogP contribution in [0.4, 0.5) is 0 Å². The predicted molar refractivity (Wildman–Crippen MR) is 58.0 cm³/mol. The van der Waals surface area contributed by atoms with Crippen molar-refractivity contribution in [3.8, 4) is 0 Å². The number of hydrogen-bond donors (Lipinski definition) is 1. The molecular weight excluding hydrogens is 194 g/mol. The van der Waals surface area contributed by atoms with E-state index in [1.165, 1.54) is 6.92 Å². The van der Waals surface area contributed by atoms with Crippen molar-refractivity contribution in [2.24, 2.45) is 16.1 Å². The second-order valence-corrected chi connectivity index (χ2v) is 3.84. The molecule has 0 spiro atoms. The molecule has 0 aromatic rings. The topological polar surface area (TPSA) is 70.9 Å². The van der Waals surface area contributed by atoms with Crippen molar-refractivity contribution in [1.29, 1.82) is 0 Å². The van der Waals surface area contributed by atoms with Crippen LogP contribution in [0.3, 0.4) is 0 Å². The molecule has 82 valence electrons. The van der Waals surface area contributed by atoms with Crippen LogP contribution in [-0.2, 0) is 9.59 Å². The van der Waals surface area contributed by atoms with Gasteiger partial charge in [0.25, 0.3) is 0 Å². The molecule has 1 aliphatic rings. The molecule has 0 fully saturated rings. The van der Waals surface area contributed by atoms with Crippen molar-refractivity contribution in [2.75, 3.05) is 0 Å². The molecule has 0 aromatic heterocycles. The standard InChI is InChI=1S/C10H15N3O2/c1-6(2)9(12-7(3)14)10(15)8-4-5-11-13-8/h5-6,9H,4H2,1-3H3,(H,12,14). The fourth-order valence-corrected chi connectivity index (χ4v) is 1.36. The Morgan fingerprint density at radius 3 is 2.53 bits per heavy atom. The van der Waals surface area contributed by atoms with E-state index in [1.807, 2.05) is 13.8 Å². The molecule has 1 heterocycles. The Kier molecular flexibility index (Phi) is 3.71. The van der Waals surface area contributed by atoms with Gasteiger partial charge in [0, 0.05) is 19.6 Å². The van der Waals surface area contributed by atoms with E-state index in [0.717, 1.165) is 0 Å². The Labute approximate surface area is 88.7 Å². The number of Topliss-reactive ketones (excluding diaryl/α,β-unsaturated/α-hetero) is 1. The van der Waals surface area contributed by atoms with Crippen molar-refractivity contribution >= 4 is 23.6 Å². The molecule has 0 bridgehead atoms. The van der Waals surface area contributed by atoms with Crippen LogP contribution in [0.15, 0.2) is 10.2 Å². The van der Waals surface area contributed by atoms with Crippen LogP contribution < -0.4 is 5.32 Å². The number of carbonyl (C=O) groups is 2. The first kappa shape index (κ1) is 11.6. The van der Waals surface area contributed by atoms with E-state index >= 15 is 0 Å². The maximum absolute atomic E-state index is 11.9. The van der Waals surface area contributed by atoms with E-state index < -0.39 is 6.04 Å². The Balaban J connectivity index is 2.71. The average Bonchev–Trinajstić information content (AvgIpc) is 2.65. The van der Waals surface area contributed by atoms with Crippen molar-refractivity contribution in [3.63, 3.8) is 0 Å². The lowest BCUT2D eigenvalue weighted by Gasteiger charge is -2.19. The van der Waals surface area contributed by atoms with Gasteiger partial charge in [-0.3, -0.25) is 9.59 Å². The van der Waals surface area contributed by atoms with Crippen LogP contribution in [-0.4, -0.2) is 29.7 Å². The first-order chi connectivity index (χ1) is 7.02. The van der Waals surface area contributed by atoms with Gasteiger partial charge in [0.05, 0.1) is 6.04 Å². The first-order valence-electron chi connectivity index (χ1n) is 4.92. The third-order valence-corrected chi connectivity index (χ3v) is 2.14. The molecular formula is C10H15N3O2. The van der Waals surface area contributed by atoms with E-state index in [9.17, 15) is 9.59 Å². The zero-order valence-corrected chi connectivity index (χ0v) is 9.15. The highest BCUT2D eigenvalue weighted by molar-refractivity contribution is 6.44. The molecule has 15 heavy (non-hydrogen) atoms. The van der Waals surface area contributed by atoms with Gasteiger partial charge in [-0.15, -0.1) is 0 Å². The zero-order chi connectivity index (χ0) is 11.4. The molecule has 1 unspecified atom stereocenters. The van der Waals surface area contributed by atoms with Crippen molar-refractivity contribution in [2.45, 2.75) is 33.2 Å². The molecule has 0 aromatic carbocycles. The molecule has 5 nitrogen and oxygen atoms in total.